The lowest BCUT2D eigenvalue weighted by atomic mass is 10.1. The van der Waals surface area contributed by atoms with Crippen LogP contribution in [0.3, 0.4) is 0 Å². The van der Waals surface area contributed by atoms with Gasteiger partial charge < -0.3 is 5.32 Å². The Morgan fingerprint density at radius 1 is 1.25 bits per heavy atom. The van der Waals surface area contributed by atoms with Crippen molar-refractivity contribution in [3.8, 4) is 0 Å². The number of fused-ring (bicyclic) bond motifs is 1. The molecule has 0 bridgehead atoms. The van der Waals surface area contributed by atoms with E-state index in [2.05, 4.69) is 54.5 Å². The highest BCUT2D eigenvalue weighted by Crippen LogP contribution is 2.46. The van der Waals surface area contributed by atoms with Crippen LogP contribution >= 0.6 is 0 Å². The lowest BCUT2D eigenvalue weighted by molar-refractivity contribution is 0.630. The molecule has 0 spiro atoms. The minimum absolute atomic E-state index is 0.429. The number of rotatable bonds is 2. The molecule has 1 aliphatic rings. The zero-order valence-electron chi connectivity index (χ0n) is 9.70. The fourth-order valence-corrected chi connectivity index (χ4v) is 2.11. The Hall–Kier alpha value is -1.57. The molecule has 1 saturated carbocycles. The van der Waals surface area contributed by atoms with E-state index >= 15 is 0 Å². The van der Waals surface area contributed by atoms with Crippen molar-refractivity contribution in [3.05, 3.63) is 36.5 Å². The largest absolute Gasteiger partial charge is 0.366 e. The SMILES string of the molecule is CC1(C)CC1Nc1nccc2ccccc12. The Morgan fingerprint density at radius 3 is 2.75 bits per heavy atom. The second-order valence-corrected chi connectivity index (χ2v) is 5.27. The highest BCUT2D eigenvalue weighted by Gasteiger charge is 2.45. The van der Waals surface area contributed by atoms with E-state index in [0.717, 1.165) is 5.82 Å². The predicted octanol–water partition coefficient (Wildman–Crippen LogP) is 3.45. The molecule has 0 radical (unpaired) electrons. The van der Waals surface area contributed by atoms with Crippen molar-refractivity contribution in [1.82, 2.24) is 4.98 Å². The molecule has 3 rings (SSSR count). The first-order chi connectivity index (χ1) is 7.67. The van der Waals surface area contributed by atoms with Gasteiger partial charge in [-0.3, -0.25) is 0 Å². The van der Waals surface area contributed by atoms with E-state index in [0.29, 0.717) is 11.5 Å². The monoisotopic (exact) mass is 212 g/mol. The second kappa shape index (κ2) is 3.21. The maximum Gasteiger partial charge on any atom is 0.134 e. The molecule has 1 atom stereocenters. The third kappa shape index (κ3) is 1.54. The van der Waals surface area contributed by atoms with Crippen LogP contribution in [0.5, 0.6) is 0 Å². The van der Waals surface area contributed by atoms with Crippen molar-refractivity contribution in [2.75, 3.05) is 5.32 Å². The highest BCUT2D eigenvalue weighted by atomic mass is 15.1. The van der Waals surface area contributed by atoms with Crippen LogP contribution in [0, 0.1) is 5.41 Å². The van der Waals surface area contributed by atoms with Gasteiger partial charge in [-0.15, -0.1) is 0 Å². The average molecular weight is 212 g/mol. The number of nitrogens with one attached hydrogen (secondary N) is 1. The molecule has 1 unspecified atom stereocenters. The summed E-state index contributed by atoms with van der Waals surface area (Å²) in [6.45, 7) is 4.57. The number of anilines is 1. The zero-order chi connectivity index (χ0) is 11.2. The van der Waals surface area contributed by atoms with E-state index in [9.17, 15) is 0 Å². The maximum absolute atomic E-state index is 4.44. The summed E-state index contributed by atoms with van der Waals surface area (Å²) in [4.78, 5) is 4.44. The van der Waals surface area contributed by atoms with Gasteiger partial charge in [-0.1, -0.05) is 38.1 Å². The first kappa shape index (κ1) is 9.64. The lowest BCUT2D eigenvalue weighted by Crippen LogP contribution is -2.09. The fourth-order valence-electron chi connectivity index (χ4n) is 2.11. The Morgan fingerprint density at radius 2 is 2.00 bits per heavy atom. The molecule has 1 heterocycles. The number of nitrogens with zero attached hydrogens (tertiary/aromatic N) is 1. The smallest absolute Gasteiger partial charge is 0.134 e. The third-order valence-corrected chi connectivity index (χ3v) is 3.50. The number of hydrogen-bond donors (Lipinski definition) is 1. The van der Waals surface area contributed by atoms with E-state index in [4.69, 9.17) is 0 Å². The molecular weight excluding hydrogens is 196 g/mol. The van der Waals surface area contributed by atoms with Gasteiger partial charge in [-0.25, -0.2) is 4.98 Å². The average Bonchev–Trinajstić information content (AvgIpc) is 2.87. The summed E-state index contributed by atoms with van der Waals surface area (Å²) >= 11 is 0. The van der Waals surface area contributed by atoms with Crippen LogP contribution in [-0.4, -0.2) is 11.0 Å². The molecule has 16 heavy (non-hydrogen) atoms. The molecule has 2 heteroatoms. The van der Waals surface area contributed by atoms with Crippen LogP contribution in [0.2, 0.25) is 0 Å². The normalized spacial score (nSPS) is 22.0. The quantitative estimate of drug-likeness (QED) is 0.824. The van der Waals surface area contributed by atoms with Gasteiger partial charge in [-0.05, 0) is 23.3 Å². The molecule has 1 N–H and O–H groups in total. The topological polar surface area (TPSA) is 24.9 Å². The summed E-state index contributed by atoms with van der Waals surface area (Å²) < 4.78 is 0. The Labute approximate surface area is 95.7 Å². The lowest BCUT2D eigenvalue weighted by Gasteiger charge is -2.09. The van der Waals surface area contributed by atoms with E-state index in [1.54, 1.807) is 0 Å². The van der Waals surface area contributed by atoms with Crippen molar-refractivity contribution in [2.24, 2.45) is 5.41 Å². The summed E-state index contributed by atoms with van der Waals surface area (Å²) in [7, 11) is 0. The molecule has 2 nitrogen and oxygen atoms in total. The van der Waals surface area contributed by atoms with E-state index in [-0.39, 0.29) is 0 Å². The molecular formula is C14H16N2. The van der Waals surface area contributed by atoms with Crippen LogP contribution in [0.1, 0.15) is 20.3 Å². The predicted molar refractivity (Wildman–Crippen MR) is 67.6 cm³/mol. The van der Waals surface area contributed by atoms with Crippen molar-refractivity contribution < 1.29 is 0 Å². The molecule has 0 amide bonds. The van der Waals surface area contributed by atoms with Crippen molar-refractivity contribution in [3.63, 3.8) is 0 Å². The second-order valence-electron chi connectivity index (χ2n) is 5.27. The minimum atomic E-state index is 0.429. The summed E-state index contributed by atoms with van der Waals surface area (Å²) in [6, 6.07) is 11.0. The van der Waals surface area contributed by atoms with Crippen LogP contribution < -0.4 is 5.32 Å². The number of pyridine rings is 1. The number of hydrogen-bond acceptors (Lipinski definition) is 2. The summed E-state index contributed by atoms with van der Waals surface area (Å²) in [5.74, 6) is 1.02. The zero-order valence-corrected chi connectivity index (χ0v) is 9.70. The van der Waals surface area contributed by atoms with E-state index in [1.807, 2.05) is 6.20 Å². The standard InChI is InChI=1S/C14H16N2/c1-14(2)9-12(14)16-13-11-6-4-3-5-10(11)7-8-15-13/h3-8,12H,9H2,1-2H3,(H,15,16). The van der Waals surface area contributed by atoms with Crippen molar-refractivity contribution in [1.29, 1.82) is 0 Å². The summed E-state index contributed by atoms with van der Waals surface area (Å²) in [6.07, 6.45) is 3.11. The van der Waals surface area contributed by atoms with Crippen molar-refractivity contribution >= 4 is 16.6 Å². The van der Waals surface area contributed by atoms with Crippen LogP contribution in [0.4, 0.5) is 5.82 Å². The highest BCUT2D eigenvalue weighted by molar-refractivity contribution is 5.91. The molecule has 0 aliphatic heterocycles. The first-order valence-corrected chi connectivity index (χ1v) is 5.77. The minimum Gasteiger partial charge on any atom is -0.366 e. The van der Waals surface area contributed by atoms with Crippen LogP contribution in [0.25, 0.3) is 10.8 Å². The van der Waals surface area contributed by atoms with E-state index < -0.39 is 0 Å². The number of benzene rings is 1. The Bertz CT molecular complexity index is 526. The summed E-state index contributed by atoms with van der Waals surface area (Å²) in [5, 5.41) is 6.00. The summed E-state index contributed by atoms with van der Waals surface area (Å²) in [5.41, 5.74) is 0.429. The van der Waals surface area contributed by atoms with Crippen molar-refractivity contribution in [2.45, 2.75) is 26.3 Å². The Kier molecular flexibility index (Phi) is 1.93. The van der Waals surface area contributed by atoms with Gasteiger partial charge >= 0.3 is 0 Å². The maximum atomic E-state index is 4.44. The molecule has 1 aromatic heterocycles. The van der Waals surface area contributed by atoms with Gasteiger partial charge in [-0.2, -0.15) is 0 Å². The molecule has 2 aromatic rings. The Balaban J connectivity index is 1.98. The first-order valence-electron chi connectivity index (χ1n) is 5.77. The molecule has 1 aromatic carbocycles. The van der Waals surface area contributed by atoms with Gasteiger partial charge in [0.15, 0.2) is 0 Å². The molecule has 1 fully saturated rings. The van der Waals surface area contributed by atoms with Crippen LogP contribution in [0.15, 0.2) is 36.5 Å². The third-order valence-electron chi connectivity index (χ3n) is 3.50. The van der Waals surface area contributed by atoms with Crippen LogP contribution in [-0.2, 0) is 0 Å². The van der Waals surface area contributed by atoms with Gasteiger partial charge in [0.05, 0.1) is 0 Å². The molecule has 1 aliphatic carbocycles. The van der Waals surface area contributed by atoms with Gasteiger partial charge in [0.25, 0.3) is 0 Å². The molecule has 82 valence electrons. The van der Waals surface area contributed by atoms with E-state index in [1.165, 1.54) is 17.2 Å². The molecule has 0 saturated heterocycles. The fraction of sp³-hybridized carbons (Fsp3) is 0.357. The van der Waals surface area contributed by atoms with Gasteiger partial charge in [0.2, 0.25) is 0 Å². The van der Waals surface area contributed by atoms with Gasteiger partial charge in [0, 0.05) is 17.6 Å². The van der Waals surface area contributed by atoms with Gasteiger partial charge in [0.1, 0.15) is 5.82 Å². The number of aromatic nitrogens is 1.